The van der Waals surface area contributed by atoms with Crippen LogP contribution >= 0.6 is 0 Å². The van der Waals surface area contributed by atoms with Gasteiger partial charge in [0, 0.05) is 0 Å². The van der Waals surface area contributed by atoms with Crippen molar-refractivity contribution in [2.75, 3.05) is 0 Å². The van der Waals surface area contributed by atoms with E-state index in [1.165, 1.54) is 12.8 Å². The third-order valence-corrected chi connectivity index (χ3v) is 4.49. The maximum atomic E-state index is 7.50. The molecule has 3 atom stereocenters. The molecule has 0 N–H and O–H groups in total. The van der Waals surface area contributed by atoms with Crippen LogP contribution in [0.2, 0.25) is 0 Å². The summed E-state index contributed by atoms with van der Waals surface area (Å²) < 4.78 is 49.6. The van der Waals surface area contributed by atoms with E-state index in [-0.39, 0.29) is 0 Å². The first-order valence-corrected chi connectivity index (χ1v) is 8.47. The first kappa shape index (κ1) is 33.9. The second-order valence-corrected chi connectivity index (χ2v) is 6.36. The van der Waals surface area contributed by atoms with Crippen molar-refractivity contribution in [2.45, 2.75) is 46.1 Å². The molecule has 1 aliphatic carbocycles. The molecule has 1 saturated carbocycles. The van der Waals surface area contributed by atoms with Gasteiger partial charge in [0.25, 0.3) is 0 Å². The Hall–Kier alpha value is -1.66. The van der Waals surface area contributed by atoms with E-state index < -0.39 is 0 Å². The number of hydrogen-bond donors (Lipinski definition) is 0. The Morgan fingerprint density at radius 1 is 1.04 bits per heavy atom. The van der Waals surface area contributed by atoms with E-state index in [2.05, 4.69) is 69.9 Å². The Kier molecular flexibility index (Phi) is 30.7. The van der Waals surface area contributed by atoms with Crippen LogP contribution in [0.15, 0.2) is 23.0 Å². The Morgan fingerprint density at radius 2 is 1.54 bits per heavy atom. The second-order valence-electron chi connectivity index (χ2n) is 5.78. The first-order chi connectivity index (χ1) is 13.6. The fourth-order valence-electron chi connectivity index (χ4n) is 2.84. The van der Waals surface area contributed by atoms with Crippen molar-refractivity contribution in [3.05, 3.63) is 57.4 Å². The van der Waals surface area contributed by atoms with E-state index in [0.717, 1.165) is 22.5 Å². The van der Waals surface area contributed by atoms with E-state index in [1.54, 1.807) is 12.5 Å². The Balaban J connectivity index is -0.000000251. The zero-order chi connectivity index (χ0) is 23.1. The van der Waals surface area contributed by atoms with Crippen LogP contribution in [0, 0.1) is 51.0 Å². The van der Waals surface area contributed by atoms with E-state index in [9.17, 15) is 0 Å². The van der Waals surface area contributed by atoms with Crippen LogP contribution in [0.3, 0.4) is 0 Å². The molecule has 1 fully saturated rings. The van der Waals surface area contributed by atoms with Gasteiger partial charge >= 0.3 is 174 Å². The minimum absolute atomic E-state index is 0.333. The average Bonchev–Trinajstić information content (AvgIpc) is 3.30. The first-order valence-electron chi connectivity index (χ1n) is 7.83. The van der Waals surface area contributed by atoms with E-state index >= 15 is 0 Å². The van der Waals surface area contributed by atoms with Gasteiger partial charge in [-0.3, -0.25) is 0 Å². The van der Waals surface area contributed by atoms with Crippen molar-refractivity contribution in [2.24, 2.45) is 17.8 Å². The molecule has 0 amide bonds. The maximum absolute atomic E-state index is 7.50. The third-order valence-electron chi connectivity index (χ3n) is 3.98. The standard InChI is InChI=1S/C15H22O2.5CO.Cr/c1-11(2)14-5-4-12(3)8-15(14)17-10-13-6-7-16-9-13;5*1-2;/h6-7,9,11-12,14-15H,4-5,8H2,1-3H3;;;;;;/t12-,14+,15-;;;;;;/m1....../s1. The quantitative estimate of drug-likeness (QED) is 0.540. The van der Waals surface area contributed by atoms with Crippen LogP contribution in [0.4, 0.5) is 0 Å². The predicted octanol–water partition coefficient (Wildman–Crippen LogP) is 3.59. The summed E-state index contributed by atoms with van der Waals surface area (Å²) in [5.74, 6) is 2.11. The van der Waals surface area contributed by atoms with Crippen LogP contribution in [0.25, 0.3) is 0 Å². The van der Waals surface area contributed by atoms with Crippen molar-refractivity contribution < 1.29 is 48.3 Å². The van der Waals surface area contributed by atoms with Gasteiger partial charge in [0.15, 0.2) is 0 Å². The molecule has 28 heavy (non-hydrogen) atoms. The summed E-state index contributed by atoms with van der Waals surface area (Å²) in [6.45, 7) is 29.4. The molecule has 0 saturated heterocycles. The Bertz CT molecular complexity index is 547. The van der Waals surface area contributed by atoms with Crippen molar-refractivity contribution in [3.63, 3.8) is 0 Å². The van der Waals surface area contributed by atoms with Gasteiger partial charge in [-0.15, -0.1) is 0 Å². The van der Waals surface area contributed by atoms with Crippen LogP contribution in [-0.2, 0) is 43.8 Å². The molecule has 8 heteroatoms. The van der Waals surface area contributed by atoms with Gasteiger partial charge in [-0.1, -0.05) is 0 Å². The van der Waals surface area contributed by atoms with Gasteiger partial charge in [0.1, 0.15) is 0 Å². The van der Waals surface area contributed by atoms with E-state index in [0.29, 0.717) is 17.9 Å². The van der Waals surface area contributed by atoms with E-state index in [4.69, 9.17) is 32.4 Å². The van der Waals surface area contributed by atoms with Gasteiger partial charge in [0.2, 0.25) is 0 Å². The summed E-state index contributed by atoms with van der Waals surface area (Å²) in [6, 6.07) is 1.93. The zero-order valence-electron chi connectivity index (χ0n) is 15.9. The minimum atomic E-state index is 0.333. The molecular formula is C20H22CrO7. The molecule has 1 aromatic heterocycles. The SMILES string of the molecule is CC(C)[C@@H]1CC[C@@H](C)C[C@H]1O[C](=[Cr])c1ccoc1.[C-]#[O+].[C-]#[O+].[C-]#[O+].[C-]#[O+].[C-]#[O+]. The van der Waals surface area contributed by atoms with Crippen molar-refractivity contribution >= 4 is 4.57 Å². The number of ether oxygens (including phenoxy) is 1. The summed E-state index contributed by atoms with van der Waals surface area (Å²) in [7, 11) is 0. The van der Waals surface area contributed by atoms with Gasteiger partial charge in [-0.2, -0.15) is 0 Å². The molecule has 1 heterocycles. The van der Waals surface area contributed by atoms with Crippen molar-refractivity contribution in [1.29, 1.82) is 0 Å². The molecule has 2 rings (SSSR count). The molecule has 0 aromatic carbocycles. The predicted molar refractivity (Wildman–Crippen MR) is 88.7 cm³/mol. The summed E-state index contributed by atoms with van der Waals surface area (Å²) in [4.78, 5) is 0. The van der Waals surface area contributed by atoms with Gasteiger partial charge < -0.3 is 0 Å². The zero-order valence-corrected chi connectivity index (χ0v) is 17.2. The molecule has 0 bridgehead atoms. The number of hydrogen-bond acceptors (Lipinski definition) is 2. The fourth-order valence-corrected chi connectivity index (χ4v) is 3.21. The second kappa shape index (κ2) is 25.3. The Morgan fingerprint density at radius 3 is 1.93 bits per heavy atom. The molecule has 7 nitrogen and oxygen atoms in total. The van der Waals surface area contributed by atoms with Gasteiger partial charge in [-0.25, -0.2) is 0 Å². The number of furan rings is 1. The van der Waals surface area contributed by atoms with Gasteiger partial charge in [-0.05, 0) is 0 Å². The topological polar surface area (TPSA) is 122 Å². The van der Waals surface area contributed by atoms with Crippen molar-refractivity contribution in [3.8, 4) is 0 Å². The van der Waals surface area contributed by atoms with Crippen LogP contribution in [-0.4, -0.2) is 10.7 Å². The molecular weight excluding hydrogens is 404 g/mol. The Labute approximate surface area is 174 Å². The van der Waals surface area contributed by atoms with Gasteiger partial charge in [0.05, 0.1) is 0 Å². The molecule has 150 valence electrons. The average molecular weight is 426 g/mol. The van der Waals surface area contributed by atoms with Crippen LogP contribution in [0.5, 0.6) is 0 Å². The number of rotatable bonds is 4. The van der Waals surface area contributed by atoms with E-state index in [1.807, 2.05) is 6.07 Å². The summed E-state index contributed by atoms with van der Waals surface area (Å²) in [6.07, 6.45) is 7.51. The monoisotopic (exact) mass is 426 g/mol. The van der Waals surface area contributed by atoms with Crippen LogP contribution < -0.4 is 0 Å². The molecule has 0 radical (unpaired) electrons. The molecule has 1 aromatic rings. The normalized spacial score (nSPS) is 18.7. The molecule has 0 unspecified atom stereocenters. The molecule has 0 aliphatic heterocycles. The fraction of sp³-hybridized carbons (Fsp3) is 0.500. The van der Waals surface area contributed by atoms with Crippen LogP contribution in [0.1, 0.15) is 45.6 Å². The summed E-state index contributed by atoms with van der Waals surface area (Å²) in [5, 5.41) is 0. The van der Waals surface area contributed by atoms with Crippen molar-refractivity contribution in [1.82, 2.24) is 0 Å². The summed E-state index contributed by atoms with van der Waals surface area (Å²) >= 11 is 3.04. The summed E-state index contributed by atoms with van der Waals surface area (Å²) in [5.41, 5.74) is 1.01. The molecule has 0 spiro atoms. The third kappa shape index (κ3) is 14.4. The molecule has 1 aliphatic rings.